The summed E-state index contributed by atoms with van der Waals surface area (Å²) in [6, 6.07) is 3.17. The van der Waals surface area contributed by atoms with E-state index in [9.17, 15) is 9.50 Å². The lowest BCUT2D eigenvalue weighted by Gasteiger charge is -2.25. The van der Waals surface area contributed by atoms with Crippen molar-refractivity contribution in [3.8, 4) is 0 Å². The minimum atomic E-state index is -0.799. The van der Waals surface area contributed by atoms with Gasteiger partial charge in [-0.1, -0.05) is 26.5 Å². The van der Waals surface area contributed by atoms with E-state index in [4.69, 9.17) is 0 Å². The average Bonchev–Trinajstić information content (AvgIpc) is 2.79. The van der Waals surface area contributed by atoms with Crippen molar-refractivity contribution in [2.75, 3.05) is 0 Å². The molecule has 1 N–H and O–H groups in total. The van der Waals surface area contributed by atoms with Crippen molar-refractivity contribution in [1.82, 2.24) is 9.78 Å². The molecule has 0 fully saturated rings. The molecule has 2 aromatic rings. The highest BCUT2D eigenvalue weighted by Crippen LogP contribution is 2.23. The number of nitrogens with zero attached hydrogens (tertiary/aromatic N) is 2. The van der Waals surface area contributed by atoms with E-state index in [0.29, 0.717) is 30.5 Å². The van der Waals surface area contributed by atoms with Gasteiger partial charge in [0.15, 0.2) is 0 Å². The van der Waals surface area contributed by atoms with Gasteiger partial charge in [-0.15, -0.1) is 0 Å². The lowest BCUT2D eigenvalue weighted by Crippen LogP contribution is -2.32. The van der Waals surface area contributed by atoms with Crippen molar-refractivity contribution in [2.24, 2.45) is 0 Å². The molecule has 2 rings (SSSR count). The van der Waals surface area contributed by atoms with Crippen molar-refractivity contribution < 1.29 is 9.50 Å². The van der Waals surface area contributed by atoms with Crippen molar-refractivity contribution in [3.05, 3.63) is 36.3 Å². The van der Waals surface area contributed by atoms with Gasteiger partial charge in [0.25, 0.3) is 0 Å². The number of aromatic nitrogens is 2. The molecule has 0 aliphatic carbocycles. The van der Waals surface area contributed by atoms with Crippen LogP contribution < -0.4 is 0 Å². The summed E-state index contributed by atoms with van der Waals surface area (Å²) >= 11 is 0. The molecule has 102 valence electrons. The molecular weight excluding hydrogens is 243 g/mol. The first kappa shape index (κ1) is 13.7. The summed E-state index contributed by atoms with van der Waals surface area (Å²) in [7, 11) is 0. The standard InChI is InChI=1S/C15H19FN2O/c1-4-11-7-12-9-17-18(14(12)8-13(11)16)10-15(19,5-2)6-3/h4,7-9,19H,1,5-6,10H2,2-3H3. The van der Waals surface area contributed by atoms with Crippen molar-refractivity contribution in [3.63, 3.8) is 0 Å². The number of aliphatic hydroxyl groups is 1. The summed E-state index contributed by atoms with van der Waals surface area (Å²) in [6.45, 7) is 7.83. The van der Waals surface area contributed by atoms with Gasteiger partial charge in [-0.3, -0.25) is 4.68 Å². The summed E-state index contributed by atoms with van der Waals surface area (Å²) < 4.78 is 15.5. The second kappa shape index (κ2) is 5.13. The van der Waals surface area contributed by atoms with E-state index in [2.05, 4.69) is 11.7 Å². The largest absolute Gasteiger partial charge is 0.388 e. The molecule has 0 aliphatic heterocycles. The van der Waals surface area contributed by atoms with Crippen molar-refractivity contribution in [2.45, 2.75) is 38.8 Å². The van der Waals surface area contributed by atoms with Gasteiger partial charge in [0.1, 0.15) is 5.82 Å². The van der Waals surface area contributed by atoms with Crippen LogP contribution in [0.5, 0.6) is 0 Å². The number of rotatable bonds is 5. The second-order valence-corrected chi connectivity index (χ2v) is 4.87. The lowest BCUT2D eigenvalue weighted by atomic mass is 9.97. The number of benzene rings is 1. The molecule has 3 nitrogen and oxygen atoms in total. The number of halogens is 1. The predicted octanol–water partition coefficient (Wildman–Crippen LogP) is 3.37. The summed E-state index contributed by atoms with van der Waals surface area (Å²) in [5.74, 6) is -0.319. The smallest absolute Gasteiger partial charge is 0.132 e. The van der Waals surface area contributed by atoms with E-state index >= 15 is 0 Å². The molecule has 0 amide bonds. The van der Waals surface area contributed by atoms with Gasteiger partial charge in [0.05, 0.1) is 23.9 Å². The van der Waals surface area contributed by atoms with E-state index in [1.807, 2.05) is 13.8 Å². The van der Waals surface area contributed by atoms with Crippen LogP contribution in [0.25, 0.3) is 17.0 Å². The molecule has 0 unspecified atom stereocenters. The summed E-state index contributed by atoms with van der Waals surface area (Å²) in [5.41, 5.74) is 0.365. The SMILES string of the molecule is C=Cc1cc2cnn(CC(O)(CC)CC)c2cc1F. The number of fused-ring (bicyclic) bond motifs is 1. The van der Waals surface area contributed by atoms with Gasteiger partial charge in [-0.25, -0.2) is 4.39 Å². The minimum absolute atomic E-state index is 0.319. The molecule has 0 bridgehead atoms. The van der Waals surface area contributed by atoms with Gasteiger partial charge in [-0.2, -0.15) is 5.10 Å². The molecule has 1 aromatic carbocycles. The normalized spacial score (nSPS) is 12.0. The Morgan fingerprint density at radius 3 is 2.68 bits per heavy atom. The number of hydrogen-bond donors (Lipinski definition) is 1. The van der Waals surface area contributed by atoms with Crippen LogP contribution in [0.3, 0.4) is 0 Å². The highest BCUT2D eigenvalue weighted by molar-refractivity contribution is 5.81. The Bertz CT molecular complexity index is 599. The molecule has 0 aliphatic rings. The maximum Gasteiger partial charge on any atom is 0.132 e. The average molecular weight is 262 g/mol. The molecule has 0 spiro atoms. The van der Waals surface area contributed by atoms with E-state index < -0.39 is 5.60 Å². The summed E-state index contributed by atoms with van der Waals surface area (Å²) in [4.78, 5) is 0. The quantitative estimate of drug-likeness (QED) is 0.897. The zero-order chi connectivity index (χ0) is 14.0. The molecular formula is C15H19FN2O. The van der Waals surface area contributed by atoms with Crippen LogP contribution in [0, 0.1) is 5.82 Å². The fraction of sp³-hybridized carbons (Fsp3) is 0.400. The Hall–Kier alpha value is -1.68. The third-order valence-corrected chi connectivity index (χ3v) is 3.74. The van der Waals surface area contributed by atoms with Crippen molar-refractivity contribution >= 4 is 17.0 Å². The number of hydrogen-bond acceptors (Lipinski definition) is 2. The Balaban J connectivity index is 2.46. The molecule has 0 saturated carbocycles. The van der Waals surface area contributed by atoms with Gasteiger partial charge in [-0.05, 0) is 18.9 Å². The zero-order valence-corrected chi connectivity index (χ0v) is 11.4. The Labute approximate surface area is 112 Å². The van der Waals surface area contributed by atoms with Crippen LogP contribution in [0.15, 0.2) is 24.9 Å². The molecule has 19 heavy (non-hydrogen) atoms. The molecule has 1 aromatic heterocycles. The van der Waals surface area contributed by atoms with Crippen LogP contribution in [-0.2, 0) is 6.54 Å². The zero-order valence-electron chi connectivity index (χ0n) is 11.4. The van der Waals surface area contributed by atoms with Gasteiger partial charge >= 0.3 is 0 Å². The maximum atomic E-state index is 13.8. The molecule has 1 heterocycles. The van der Waals surface area contributed by atoms with Crippen LogP contribution in [0.2, 0.25) is 0 Å². The minimum Gasteiger partial charge on any atom is -0.388 e. The molecule has 0 radical (unpaired) electrons. The second-order valence-electron chi connectivity index (χ2n) is 4.87. The van der Waals surface area contributed by atoms with Gasteiger partial charge in [0, 0.05) is 17.0 Å². The first-order valence-corrected chi connectivity index (χ1v) is 6.53. The van der Waals surface area contributed by atoms with Crippen molar-refractivity contribution in [1.29, 1.82) is 0 Å². The third kappa shape index (κ3) is 2.54. The van der Waals surface area contributed by atoms with E-state index in [0.717, 1.165) is 5.39 Å². The Morgan fingerprint density at radius 1 is 1.42 bits per heavy atom. The Kier molecular flexibility index (Phi) is 3.71. The van der Waals surface area contributed by atoms with E-state index in [1.165, 1.54) is 12.1 Å². The highest BCUT2D eigenvalue weighted by Gasteiger charge is 2.24. The van der Waals surface area contributed by atoms with Crippen LogP contribution >= 0.6 is 0 Å². The predicted molar refractivity (Wildman–Crippen MR) is 75.3 cm³/mol. The molecule has 0 atom stereocenters. The fourth-order valence-corrected chi connectivity index (χ4v) is 2.15. The summed E-state index contributed by atoms with van der Waals surface area (Å²) in [6.07, 6.45) is 4.45. The van der Waals surface area contributed by atoms with Crippen LogP contribution in [0.1, 0.15) is 32.3 Å². The highest BCUT2D eigenvalue weighted by atomic mass is 19.1. The topological polar surface area (TPSA) is 38.0 Å². The first-order valence-electron chi connectivity index (χ1n) is 6.53. The van der Waals surface area contributed by atoms with Gasteiger partial charge in [0.2, 0.25) is 0 Å². The lowest BCUT2D eigenvalue weighted by molar-refractivity contribution is 0.0130. The van der Waals surface area contributed by atoms with Crippen LogP contribution in [-0.4, -0.2) is 20.5 Å². The molecule has 4 heteroatoms. The Morgan fingerprint density at radius 2 is 2.11 bits per heavy atom. The molecule has 0 saturated heterocycles. The maximum absolute atomic E-state index is 13.8. The van der Waals surface area contributed by atoms with Crippen LogP contribution in [0.4, 0.5) is 4.39 Å². The summed E-state index contributed by atoms with van der Waals surface area (Å²) in [5, 5.41) is 15.5. The first-order chi connectivity index (χ1) is 9.03. The van der Waals surface area contributed by atoms with Gasteiger partial charge < -0.3 is 5.11 Å². The fourth-order valence-electron chi connectivity index (χ4n) is 2.15. The van der Waals surface area contributed by atoms with E-state index in [1.54, 1.807) is 16.9 Å². The third-order valence-electron chi connectivity index (χ3n) is 3.74. The monoisotopic (exact) mass is 262 g/mol. The van der Waals surface area contributed by atoms with E-state index in [-0.39, 0.29) is 5.82 Å².